The van der Waals surface area contributed by atoms with E-state index in [1.807, 2.05) is 0 Å². The van der Waals surface area contributed by atoms with Crippen LogP contribution < -0.4 is 0 Å². The summed E-state index contributed by atoms with van der Waals surface area (Å²) < 4.78 is 18.2. The summed E-state index contributed by atoms with van der Waals surface area (Å²) in [6, 6.07) is 0. The average Bonchev–Trinajstić information content (AvgIpc) is 0.918. The Morgan fingerprint density at radius 2 is 1.25 bits per heavy atom. The second-order valence-electron chi connectivity index (χ2n) is 0.0583. The summed E-state index contributed by atoms with van der Waals surface area (Å²) in [5.74, 6) is 0. The molecule has 0 aromatic carbocycles. The zero-order valence-corrected chi connectivity index (χ0v) is 1.66. The SMILES string of the molecule is FOF.O. The molecular weight excluding hydrogens is 70.0 g/mol. The van der Waals surface area contributed by atoms with Crippen LogP contribution in [0, 0.1) is 0 Å². The maximum atomic E-state index is 9.12. The monoisotopic (exact) mass is 72.0 g/mol. The molecule has 0 radical (unpaired) electrons. The lowest BCUT2D eigenvalue weighted by Gasteiger charge is -1.41. The smallest absolute Gasteiger partial charge is 0.0209 e. The molecule has 0 aliphatic rings. The van der Waals surface area contributed by atoms with E-state index in [-0.39, 0.29) is 5.48 Å². The minimum absolute atomic E-state index is 0. The predicted molar refractivity (Wildman–Crippen MR) is 6.91 cm³/mol. The summed E-state index contributed by atoms with van der Waals surface area (Å²) >= 11 is 0. The first-order valence-corrected chi connectivity index (χ1v) is 0.309. The van der Waals surface area contributed by atoms with Gasteiger partial charge in [-0.3, -0.25) is 0 Å². The highest BCUT2D eigenvalue weighted by Crippen LogP contribution is 1.61. The average molecular weight is 72.0 g/mol. The van der Waals surface area contributed by atoms with E-state index in [9.17, 15) is 0 Å². The molecule has 0 spiro atoms. The van der Waals surface area contributed by atoms with Gasteiger partial charge in [-0.15, -0.1) is 0 Å². The fourth-order valence-electron chi connectivity index (χ4n) is 0. The summed E-state index contributed by atoms with van der Waals surface area (Å²) in [7, 11) is 0. The van der Waals surface area contributed by atoms with Crippen LogP contribution in [0.4, 0.5) is 9.05 Å². The molecule has 0 aromatic heterocycles. The molecule has 0 rings (SSSR count). The van der Waals surface area contributed by atoms with Crippen molar-refractivity contribution >= 4 is 0 Å². The number of rotatable bonds is 0. The van der Waals surface area contributed by atoms with Crippen LogP contribution in [-0.4, -0.2) is 5.48 Å². The summed E-state index contributed by atoms with van der Waals surface area (Å²) in [6.45, 7) is 0. The van der Waals surface area contributed by atoms with E-state index in [0.29, 0.717) is 0 Å². The van der Waals surface area contributed by atoms with E-state index in [1.54, 1.807) is 0 Å². The van der Waals surface area contributed by atoms with Gasteiger partial charge in [-0.05, 0) is 9.05 Å². The zero-order chi connectivity index (χ0) is 2.71. The number of hydrogen-bond acceptors (Lipinski definition) is 1. The molecule has 28 valence electrons. The van der Waals surface area contributed by atoms with Gasteiger partial charge >= 0.3 is 0 Å². The minimum atomic E-state index is 0. The molecule has 2 N–H and O–H groups in total. The van der Waals surface area contributed by atoms with Gasteiger partial charge in [-0.1, -0.05) is 0 Å². The highest BCUT2D eigenvalue weighted by molar-refractivity contribution is 2.51. The van der Waals surface area contributed by atoms with Crippen molar-refractivity contribution in [2.45, 2.75) is 0 Å². The first-order valence-electron chi connectivity index (χ1n) is 0.309. The van der Waals surface area contributed by atoms with Crippen molar-refractivity contribution in [2.75, 3.05) is 0 Å². The first-order chi connectivity index (χ1) is 1.41. The second kappa shape index (κ2) is 14.5. The van der Waals surface area contributed by atoms with Crippen molar-refractivity contribution in [3.63, 3.8) is 0 Å². The summed E-state index contributed by atoms with van der Waals surface area (Å²) in [5.41, 5.74) is 0. The van der Waals surface area contributed by atoms with Crippen molar-refractivity contribution in [1.82, 2.24) is 0 Å². The Balaban J connectivity index is 0. The van der Waals surface area contributed by atoms with Crippen LogP contribution in [0.3, 0.4) is 0 Å². The van der Waals surface area contributed by atoms with Crippen molar-refractivity contribution < 1.29 is 19.7 Å². The molecule has 0 fully saturated rings. The maximum absolute atomic E-state index is 9.12. The molecule has 0 aliphatic heterocycles. The molecular formula is H2F2O2. The van der Waals surface area contributed by atoms with E-state index in [0.717, 1.165) is 0 Å². The predicted octanol–water partition coefficient (Wildman–Crippen LogP) is -0.0527. The Morgan fingerprint density at radius 3 is 1.25 bits per heavy atom. The minimum Gasteiger partial charge on any atom is -0.412 e. The maximum Gasteiger partial charge on any atom is 0.0209 e. The van der Waals surface area contributed by atoms with E-state index in [1.165, 1.54) is 5.15 Å². The Bertz CT molecular complexity index is 4.00. The summed E-state index contributed by atoms with van der Waals surface area (Å²) in [4.78, 5) is 0. The molecule has 0 bridgehead atoms. The Labute approximate surface area is 21.1 Å². The van der Waals surface area contributed by atoms with Crippen LogP contribution in [0.25, 0.3) is 0 Å². The molecule has 2 nitrogen and oxygen atoms in total. The second-order valence-corrected chi connectivity index (χ2v) is 0.0583. The quantitative estimate of drug-likeness (QED) is 0.395. The van der Waals surface area contributed by atoms with Gasteiger partial charge in [-0.2, -0.15) is 0 Å². The normalized spacial score (nSPS) is 4.50. The molecule has 0 saturated carbocycles. The standard InChI is InChI=1S/F2O.H2O/c1-3-2;/h;1H2. The van der Waals surface area contributed by atoms with Crippen LogP contribution in [0.15, 0.2) is 0 Å². The number of hydrogen-bond donors (Lipinski definition) is 0. The lowest BCUT2D eigenvalue weighted by atomic mass is 15.4. The van der Waals surface area contributed by atoms with Crippen molar-refractivity contribution in [3.8, 4) is 0 Å². The van der Waals surface area contributed by atoms with Gasteiger partial charge < -0.3 is 5.48 Å². The van der Waals surface area contributed by atoms with Gasteiger partial charge in [0.15, 0.2) is 0 Å². The Morgan fingerprint density at radius 1 is 1.25 bits per heavy atom. The van der Waals surface area contributed by atoms with E-state index >= 15 is 0 Å². The molecule has 0 heterocycles. The van der Waals surface area contributed by atoms with Crippen molar-refractivity contribution in [3.05, 3.63) is 0 Å². The molecule has 0 saturated heterocycles. The van der Waals surface area contributed by atoms with Crippen LogP contribution in [0.5, 0.6) is 0 Å². The highest BCUT2D eigenvalue weighted by Gasteiger charge is 1.42. The van der Waals surface area contributed by atoms with E-state index in [2.05, 4.69) is 0 Å². The molecule has 0 aliphatic carbocycles. The van der Waals surface area contributed by atoms with Crippen LogP contribution in [-0.2, 0) is 5.15 Å². The topological polar surface area (TPSA) is 40.7 Å². The third-order valence-electron chi connectivity index (χ3n) is 0. The van der Waals surface area contributed by atoms with Gasteiger partial charge in [0.1, 0.15) is 0 Å². The lowest BCUT2D eigenvalue weighted by molar-refractivity contribution is -0.317. The van der Waals surface area contributed by atoms with E-state index < -0.39 is 0 Å². The van der Waals surface area contributed by atoms with Gasteiger partial charge in [0.05, 0.1) is 0 Å². The van der Waals surface area contributed by atoms with Crippen LogP contribution in [0.2, 0.25) is 0 Å². The number of halogens is 2. The van der Waals surface area contributed by atoms with Gasteiger partial charge in [0.25, 0.3) is 0 Å². The molecule has 4 heteroatoms. The van der Waals surface area contributed by atoms with Gasteiger partial charge in [0, 0.05) is 5.15 Å². The zero-order valence-electron chi connectivity index (χ0n) is 1.66. The van der Waals surface area contributed by atoms with Crippen molar-refractivity contribution in [2.24, 2.45) is 0 Å². The Hall–Kier alpha value is -0.220. The fraction of sp³-hybridized carbons (Fsp3) is 0. The molecule has 0 aromatic rings. The summed E-state index contributed by atoms with van der Waals surface area (Å²) in [6.07, 6.45) is 0. The molecule has 4 heavy (non-hydrogen) atoms. The first kappa shape index (κ1) is 9.22. The third kappa shape index (κ3) is 22.4. The van der Waals surface area contributed by atoms with E-state index in [4.69, 9.17) is 9.05 Å². The fourth-order valence-corrected chi connectivity index (χ4v) is 0. The van der Waals surface area contributed by atoms with Crippen LogP contribution >= 0.6 is 0 Å². The summed E-state index contributed by atoms with van der Waals surface area (Å²) in [5, 5.41) is 1.25. The molecule has 0 atom stereocenters. The highest BCUT2D eigenvalue weighted by atomic mass is 19.6. The van der Waals surface area contributed by atoms with Crippen molar-refractivity contribution in [1.29, 1.82) is 0 Å². The lowest BCUT2D eigenvalue weighted by Crippen LogP contribution is -1.26. The largest absolute Gasteiger partial charge is 0.412 e. The molecule has 0 unspecified atom stereocenters. The van der Waals surface area contributed by atoms with Gasteiger partial charge in [-0.25, -0.2) is 0 Å². The molecule has 0 amide bonds. The van der Waals surface area contributed by atoms with Gasteiger partial charge in [0.2, 0.25) is 0 Å². The Kier molecular flexibility index (Phi) is 33.4. The third-order valence-corrected chi connectivity index (χ3v) is 0. The van der Waals surface area contributed by atoms with Crippen LogP contribution in [0.1, 0.15) is 0 Å².